The van der Waals surface area contributed by atoms with Gasteiger partial charge in [0.1, 0.15) is 5.75 Å². The third-order valence-corrected chi connectivity index (χ3v) is 4.12. The minimum atomic E-state index is -0.189. The predicted octanol–water partition coefficient (Wildman–Crippen LogP) is 2.70. The Morgan fingerprint density at radius 1 is 0.964 bits per heavy atom. The van der Waals surface area contributed by atoms with Gasteiger partial charge in [-0.1, -0.05) is 36.4 Å². The van der Waals surface area contributed by atoms with Crippen molar-refractivity contribution in [2.45, 2.75) is 26.2 Å². The number of carbonyl (C=O) groups is 1. The number of amides is 1. The van der Waals surface area contributed by atoms with Crippen LogP contribution in [0.2, 0.25) is 0 Å². The molecule has 0 aliphatic carbocycles. The highest BCUT2D eigenvalue weighted by atomic mass is 16.3. The Hall–Kier alpha value is -3.02. The summed E-state index contributed by atoms with van der Waals surface area (Å²) in [7, 11) is 0. The van der Waals surface area contributed by atoms with Gasteiger partial charge in [0.2, 0.25) is 0 Å². The molecular formula is C22H30N4O2. The normalized spacial score (nSPS) is 11.1. The van der Waals surface area contributed by atoms with Gasteiger partial charge in [-0.05, 0) is 49.9 Å². The average Bonchev–Trinajstić information content (AvgIpc) is 2.71. The van der Waals surface area contributed by atoms with E-state index in [4.69, 9.17) is 0 Å². The topological polar surface area (TPSA) is 85.8 Å². The van der Waals surface area contributed by atoms with E-state index in [1.54, 1.807) is 18.2 Å². The quantitative estimate of drug-likeness (QED) is 0.289. The van der Waals surface area contributed by atoms with Gasteiger partial charge in [0.15, 0.2) is 5.96 Å². The second-order valence-corrected chi connectivity index (χ2v) is 6.44. The number of carbonyl (C=O) groups excluding carboxylic acids is 1. The lowest BCUT2D eigenvalue weighted by Crippen LogP contribution is -2.38. The Labute approximate surface area is 167 Å². The third kappa shape index (κ3) is 8.12. The standard InChI is InChI=1S/C22H30N4O2/c1-2-23-22(25-14-7-11-18-9-4-3-5-10-18)26-16-8-15-24-21(28)19-12-6-13-20(27)17-19/h3-6,9-10,12-13,17,27H,2,7-8,11,14-16H2,1H3,(H,24,28)(H2,23,25,26). The van der Waals surface area contributed by atoms with Crippen LogP contribution in [0.25, 0.3) is 0 Å². The maximum Gasteiger partial charge on any atom is 0.251 e. The molecule has 0 aromatic heterocycles. The van der Waals surface area contributed by atoms with Gasteiger partial charge < -0.3 is 21.1 Å². The maximum atomic E-state index is 12.0. The number of hydrogen-bond donors (Lipinski definition) is 4. The predicted molar refractivity (Wildman–Crippen MR) is 114 cm³/mol. The first-order valence-corrected chi connectivity index (χ1v) is 9.82. The lowest BCUT2D eigenvalue weighted by molar-refractivity contribution is 0.0953. The van der Waals surface area contributed by atoms with E-state index in [0.29, 0.717) is 18.7 Å². The Balaban J connectivity index is 1.65. The molecule has 0 aliphatic heterocycles. The number of phenolic OH excluding ortho intramolecular Hbond substituents is 1. The van der Waals surface area contributed by atoms with E-state index in [0.717, 1.165) is 38.3 Å². The van der Waals surface area contributed by atoms with Crippen LogP contribution >= 0.6 is 0 Å². The van der Waals surface area contributed by atoms with Gasteiger partial charge in [0.05, 0.1) is 0 Å². The molecule has 1 amide bonds. The van der Waals surface area contributed by atoms with Crippen molar-refractivity contribution < 1.29 is 9.90 Å². The Morgan fingerprint density at radius 2 is 1.75 bits per heavy atom. The van der Waals surface area contributed by atoms with Gasteiger partial charge in [0.25, 0.3) is 5.91 Å². The Morgan fingerprint density at radius 3 is 2.50 bits per heavy atom. The molecule has 0 atom stereocenters. The number of rotatable bonds is 10. The summed E-state index contributed by atoms with van der Waals surface area (Å²) >= 11 is 0. The van der Waals surface area contributed by atoms with Crippen molar-refractivity contribution in [3.05, 3.63) is 65.7 Å². The first-order chi connectivity index (χ1) is 13.7. The van der Waals surface area contributed by atoms with Gasteiger partial charge >= 0.3 is 0 Å². The molecule has 2 aromatic rings. The summed E-state index contributed by atoms with van der Waals surface area (Å²) < 4.78 is 0. The van der Waals surface area contributed by atoms with E-state index in [-0.39, 0.29) is 11.7 Å². The summed E-state index contributed by atoms with van der Waals surface area (Å²) in [4.78, 5) is 16.5. The van der Waals surface area contributed by atoms with Gasteiger partial charge in [0, 0.05) is 31.7 Å². The number of aromatic hydroxyl groups is 1. The van der Waals surface area contributed by atoms with Crippen LogP contribution in [0.5, 0.6) is 5.75 Å². The Bertz CT molecular complexity index is 747. The fourth-order valence-corrected chi connectivity index (χ4v) is 2.71. The summed E-state index contributed by atoms with van der Waals surface area (Å²) in [5, 5.41) is 18.9. The second kappa shape index (κ2) is 12.4. The number of aryl methyl sites for hydroxylation is 1. The summed E-state index contributed by atoms with van der Waals surface area (Å²) in [5.41, 5.74) is 1.80. The van der Waals surface area contributed by atoms with Crippen molar-refractivity contribution in [2.24, 2.45) is 4.99 Å². The van der Waals surface area contributed by atoms with Crippen molar-refractivity contribution >= 4 is 11.9 Å². The minimum Gasteiger partial charge on any atom is -0.508 e. The number of benzene rings is 2. The first-order valence-electron chi connectivity index (χ1n) is 9.82. The summed E-state index contributed by atoms with van der Waals surface area (Å²) in [5.74, 6) is 0.701. The molecule has 0 bridgehead atoms. The summed E-state index contributed by atoms with van der Waals surface area (Å²) in [6.07, 6.45) is 2.81. The smallest absolute Gasteiger partial charge is 0.251 e. The highest BCUT2D eigenvalue weighted by Gasteiger charge is 2.05. The van der Waals surface area contributed by atoms with Gasteiger partial charge in [-0.15, -0.1) is 0 Å². The molecule has 0 heterocycles. The van der Waals surface area contributed by atoms with Crippen LogP contribution in [0.3, 0.4) is 0 Å². The maximum absolute atomic E-state index is 12.0. The zero-order valence-electron chi connectivity index (χ0n) is 16.4. The lowest BCUT2D eigenvalue weighted by atomic mass is 10.1. The number of guanidine groups is 1. The lowest BCUT2D eigenvalue weighted by Gasteiger charge is -2.11. The largest absolute Gasteiger partial charge is 0.508 e. The van der Waals surface area contributed by atoms with Gasteiger partial charge in [-0.3, -0.25) is 9.79 Å². The Kier molecular flexibility index (Phi) is 9.41. The van der Waals surface area contributed by atoms with Crippen LogP contribution in [0.4, 0.5) is 0 Å². The highest BCUT2D eigenvalue weighted by Crippen LogP contribution is 2.10. The van der Waals surface area contributed by atoms with E-state index in [9.17, 15) is 9.90 Å². The van der Waals surface area contributed by atoms with Gasteiger partial charge in [-0.25, -0.2) is 0 Å². The van der Waals surface area contributed by atoms with E-state index in [1.165, 1.54) is 11.6 Å². The monoisotopic (exact) mass is 382 g/mol. The molecule has 0 aliphatic rings. The van der Waals surface area contributed by atoms with Crippen molar-refractivity contribution in [1.82, 2.24) is 16.0 Å². The van der Waals surface area contributed by atoms with Crippen molar-refractivity contribution in [1.29, 1.82) is 0 Å². The van der Waals surface area contributed by atoms with E-state index in [2.05, 4.69) is 45.2 Å². The molecule has 6 heteroatoms. The highest BCUT2D eigenvalue weighted by molar-refractivity contribution is 5.94. The van der Waals surface area contributed by atoms with Crippen molar-refractivity contribution in [3.63, 3.8) is 0 Å². The van der Waals surface area contributed by atoms with E-state index >= 15 is 0 Å². The molecule has 2 rings (SSSR count). The van der Waals surface area contributed by atoms with Crippen LogP contribution < -0.4 is 16.0 Å². The summed E-state index contributed by atoms with van der Waals surface area (Å²) in [6.45, 7) is 4.85. The second-order valence-electron chi connectivity index (χ2n) is 6.44. The first kappa shape index (κ1) is 21.3. The minimum absolute atomic E-state index is 0.0888. The van der Waals surface area contributed by atoms with Crippen molar-refractivity contribution in [3.8, 4) is 5.75 Å². The zero-order chi connectivity index (χ0) is 20.0. The molecule has 6 nitrogen and oxygen atoms in total. The van der Waals surface area contributed by atoms with E-state index in [1.807, 2.05) is 13.0 Å². The van der Waals surface area contributed by atoms with Crippen LogP contribution in [0.1, 0.15) is 35.7 Å². The van der Waals surface area contributed by atoms with Crippen LogP contribution in [0.15, 0.2) is 59.6 Å². The van der Waals surface area contributed by atoms with Crippen LogP contribution in [-0.4, -0.2) is 43.2 Å². The summed E-state index contributed by atoms with van der Waals surface area (Å²) in [6, 6.07) is 16.8. The molecule has 28 heavy (non-hydrogen) atoms. The van der Waals surface area contributed by atoms with E-state index < -0.39 is 0 Å². The molecule has 0 radical (unpaired) electrons. The fraction of sp³-hybridized carbons (Fsp3) is 0.364. The fourth-order valence-electron chi connectivity index (χ4n) is 2.71. The molecule has 0 spiro atoms. The number of phenols is 1. The zero-order valence-corrected chi connectivity index (χ0v) is 16.4. The molecule has 4 N–H and O–H groups in total. The van der Waals surface area contributed by atoms with Crippen LogP contribution in [0, 0.1) is 0 Å². The van der Waals surface area contributed by atoms with Gasteiger partial charge in [-0.2, -0.15) is 0 Å². The number of nitrogens with zero attached hydrogens (tertiary/aromatic N) is 1. The third-order valence-electron chi connectivity index (χ3n) is 4.12. The van der Waals surface area contributed by atoms with Crippen LogP contribution in [-0.2, 0) is 6.42 Å². The van der Waals surface area contributed by atoms with Crippen molar-refractivity contribution in [2.75, 3.05) is 26.2 Å². The molecule has 0 saturated carbocycles. The average molecular weight is 383 g/mol. The molecule has 0 unspecified atom stereocenters. The number of hydrogen-bond acceptors (Lipinski definition) is 3. The molecule has 0 fully saturated rings. The number of nitrogens with one attached hydrogen (secondary N) is 3. The molecule has 2 aromatic carbocycles. The number of aliphatic imine (C=N–C) groups is 1. The molecular weight excluding hydrogens is 352 g/mol. The SMILES string of the molecule is CCNC(=NCCCNC(=O)c1cccc(O)c1)NCCCc1ccccc1. The molecule has 150 valence electrons. The molecule has 0 saturated heterocycles.